The molecule has 5 nitrogen and oxygen atoms in total. The van der Waals surface area contributed by atoms with Crippen LogP contribution in [0.4, 0.5) is 4.39 Å². The Morgan fingerprint density at radius 1 is 1.43 bits per heavy atom. The van der Waals surface area contributed by atoms with Gasteiger partial charge in [0.2, 0.25) is 5.91 Å². The van der Waals surface area contributed by atoms with Gasteiger partial charge in [-0.05, 0) is 11.6 Å². The highest BCUT2D eigenvalue weighted by molar-refractivity contribution is 5.79. The second-order valence-electron chi connectivity index (χ2n) is 4.88. The van der Waals surface area contributed by atoms with E-state index in [1.54, 1.807) is 23.1 Å². The van der Waals surface area contributed by atoms with E-state index in [4.69, 9.17) is 4.74 Å². The van der Waals surface area contributed by atoms with Crippen molar-refractivity contribution in [2.45, 2.75) is 18.9 Å². The van der Waals surface area contributed by atoms with Gasteiger partial charge in [0.1, 0.15) is 5.82 Å². The number of amides is 1. The highest BCUT2D eigenvalue weighted by Crippen LogP contribution is 2.13. The first-order chi connectivity index (χ1) is 10.1. The second kappa shape index (κ2) is 7.17. The highest BCUT2D eigenvalue weighted by atomic mass is 19.1. The first-order valence-corrected chi connectivity index (χ1v) is 6.79. The molecule has 1 fully saturated rings. The lowest BCUT2D eigenvalue weighted by Gasteiger charge is -2.32. The van der Waals surface area contributed by atoms with Crippen LogP contribution in [0.1, 0.15) is 12.0 Å². The smallest absolute Gasteiger partial charge is 0.308 e. The topological polar surface area (TPSA) is 55.8 Å². The van der Waals surface area contributed by atoms with Crippen LogP contribution >= 0.6 is 0 Å². The maximum atomic E-state index is 13.6. The zero-order valence-corrected chi connectivity index (χ0v) is 11.9. The minimum Gasteiger partial charge on any atom is -0.469 e. The van der Waals surface area contributed by atoms with Crippen molar-refractivity contribution in [3.05, 3.63) is 35.6 Å². The van der Waals surface area contributed by atoms with Crippen LogP contribution < -0.4 is 0 Å². The number of carbonyl (C=O) groups excluding carboxylic acids is 2. The fourth-order valence-corrected chi connectivity index (χ4v) is 2.26. The number of ether oxygens (including phenoxy) is 2. The van der Waals surface area contributed by atoms with Crippen LogP contribution in [0.5, 0.6) is 0 Å². The maximum Gasteiger partial charge on any atom is 0.308 e. The van der Waals surface area contributed by atoms with Crippen molar-refractivity contribution in [2.75, 3.05) is 26.8 Å². The molecule has 114 valence electrons. The van der Waals surface area contributed by atoms with Crippen LogP contribution in [0.2, 0.25) is 0 Å². The molecular formula is C15H18FNO4. The average molecular weight is 295 g/mol. The van der Waals surface area contributed by atoms with Crippen molar-refractivity contribution in [2.24, 2.45) is 0 Å². The van der Waals surface area contributed by atoms with Gasteiger partial charge < -0.3 is 14.4 Å². The van der Waals surface area contributed by atoms with Gasteiger partial charge in [0, 0.05) is 13.1 Å². The lowest BCUT2D eigenvalue weighted by atomic mass is 10.1. The summed E-state index contributed by atoms with van der Waals surface area (Å²) in [5, 5.41) is 0. The molecule has 21 heavy (non-hydrogen) atoms. The van der Waals surface area contributed by atoms with Gasteiger partial charge in [-0.2, -0.15) is 0 Å². The van der Waals surface area contributed by atoms with Gasteiger partial charge >= 0.3 is 5.97 Å². The van der Waals surface area contributed by atoms with Crippen molar-refractivity contribution in [1.82, 2.24) is 4.90 Å². The van der Waals surface area contributed by atoms with Crippen molar-refractivity contribution in [1.29, 1.82) is 0 Å². The second-order valence-corrected chi connectivity index (χ2v) is 4.88. The third kappa shape index (κ3) is 4.26. The summed E-state index contributed by atoms with van der Waals surface area (Å²) in [4.78, 5) is 25.0. The molecule has 1 heterocycles. The van der Waals surface area contributed by atoms with Gasteiger partial charge in [-0.25, -0.2) is 4.39 Å². The van der Waals surface area contributed by atoms with Crippen molar-refractivity contribution < 1.29 is 23.5 Å². The summed E-state index contributed by atoms with van der Waals surface area (Å²) in [7, 11) is 1.31. The van der Waals surface area contributed by atoms with Crippen molar-refractivity contribution >= 4 is 11.9 Å². The van der Waals surface area contributed by atoms with Crippen LogP contribution in [-0.4, -0.2) is 49.7 Å². The zero-order chi connectivity index (χ0) is 15.2. The summed E-state index contributed by atoms with van der Waals surface area (Å²) in [6.45, 7) is 1.14. The molecule has 0 N–H and O–H groups in total. The highest BCUT2D eigenvalue weighted by Gasteiger charge is 2.26. The predicted octanol–water partition coefficient (Wildman–Crippen LogP) is 1.16. The molecule has 0 aromatic heterocycles. The van der Waals surface area contributed by atoms with E-state index in [1.165, 1.54) is 13.2 Å². The van der Waals surface area contributed by atoms with E-state index in [1.807, 2.05) is 0 Å². The maximum absolute atomic E-state index is 13.6. The molecule has 1 saturated heterocycles. The zero-order valence-electron chi connectivity index (χ0n) is 11.9. The Bertz CT molecular complexity index is 520. The van der Waals surface area contributed by atoms with Crippen LogP contribution in [-0.2, 0) is 25.5 Å². The molecule has 1 unspecified atom stereocenters. The summed E-state index contributed by atoms with van der Waals surface area (Å²) in [6, 6.07) is 6.22. The third-order valence-corrected chi connectivity index (χ3v) is 3.41. The number of halogens is 1. The number of methoxy groups -OCH3 is 1. The molecule has 1 atom stereocenters. The molecule has 0 radical (unpaired) electrons. The summed E-state index contributed by atoms with van der Waals surface area (Å²) in [5.74, 6) is -0.924. The monoisotopic (exact) mass is 295 g/mol. The number of esters is 1. The van der Waals surface area contributed by atoms with E-state index < -0.39 is 0 Å². The first-order valence-electron chi connectivity index (χ1n) is 6.79. The number of rotatable bonds is 4. The van der Waals surface area contributed by atoms with E-state index in [0.29, 0.717) is 25.3 Å². The Balaban J connectivity index is 1.93. The molecule has 2 rings (SSSR count). The average Bonchev–Trinajstić information content (AvgIpc) is 2.49. The number of nitrogens with zero attached hydrogens (tertiary/aromatic N) is 1. The number of benzene rings is 1. The molecule has 1 aromatic carbocycles. The van der Waals surface area contributed by atoms with Crippen LogP contribution in [0.3, 0.4) is 0 Å². The Labute approximate surface area is 122 Å². The fourth-order valence-electron chi connectivity index (χ4n) is 2.26. The third-order valence-electron chi connectivity index (χ3n) is 3.41. The molecule has 0 saturated carbocycles. The SMILES string of the molecule is COC(=O)CC1CN(C(=O)Cc2ccccc2F)CCO1. The summed E-state index contributed by atoms with van der Waals surface area (Å²) in [6.07, 6.45) is -0.242. The van der Waals surface area contributed by atoms with Crippen LogP contribution in [0.25, 0.3) is 0 Å². The molecule has 6 heteroatoms. The quantitative estimate of drug-likeness (QED) is 0.782. The standard InChI is InChI=1S/C15H18FNO4/c1-20-15(19)9-12-10-17(6-7-21-12)14(18)8-11-4-2-3-5-13(11)16/h2-5,12H,6-10H2,1H3. The van der Waals surface area contributed by atoms with E-state index in [2.05, 4.69) is 4.74 Å². The Hall–Kier alpha value is -1.95. The largest absolute Gasteiger partial charge is 0.469 e. The van der Waals surface area contributed by atoms with E-state index in [-0.39, 0.29) is 36.6 Å². The minimum absolute atomic E-state index is 0.0115. The molecule has 0 aliphatic carbocycles. The van der Waals surface area contributed by atoms with Crippen LogP contribution in [0, 0.1) is 5.82 Å². The van der Waals surface area contributed by atoms with E-state index in [0.717, 1.165) is 0 Å². The van der Waals surface area contributed by atoms with E-state index in [9.17, 15) is 14.0 Å². The van der Waals surface area contributed by atoms with Gasteiger partial charge in [-0.15, -0.1) is 0 Å². The predicted molar refractivity (Wildman–Crippen MR) is 73.1 cm³/mol. The number of hydrogen-bond donors (Lipinski definition) is 0. The minimum atomic E-state index is -0.384. The van der Waals surface area contributed by atoms with Gasteiger partial charge in [-0.1, -0.05) is 18.2 Å². The Kier molecular flexibility index (Phi) is 5.27. The summed E-state index contributed by atoms with van der Waals surface area (Å²) < 4.78 is 23.6. The van der Waals surface area contributed by atoms with E-state index >= 15 is 0 Å². The van der Waals surface area contributed by atoms with Gasteiger partial charge in [0.25, 0.3) is 0 Å². The lowest BCUT2D eigenvalue weighted by molar-refractivity contribution is -0.149. The van der Waals surface area contributed by atoms with Gasteiger partial charge in [-0.3, -0.25) is 9.59 Å². The molecule has 1 amide bonds. The number of carbonyl (C=O) groups is 2. The lowest BCUT2D eigenvalue weighted by Crippen LogP contribution is -2.46. The summed E-state index contributed by atoms with van der Waals surface area (Å²) >= 11 is 0. The molecule has 1 aliphatic heterocycles. The summed E-state index contributed by atoms with van der Waals surface area (Å²) in [5.41, 5.74) is 0.374. The van der Waals surface area contributed by atoms with Gasteiger partial charge in [0.05, 0.1) is 32.7 Å². The Morgan fingerprint density at radius 2 is 2.19 bits per heavy atom. The molecular weight excluding hydrogens is 277 g/mol. The Morgan fingerprint density at radius 3 is 2.90 bits per heavy atom. The van der Waals surface area contributed by atoms with Gasteiger partial charge in [0.15, 0.2) is 0 Å². The van der Waals surface area contributed by atoms with Crippen molar-refractivity contribution in [3.8, 4) is 0 Å². The molecule has 1 aliphatic rings. The number of hydrogen-bond acceptors (Lipinski definition) is 4. The molecule has 1 aromatic rings. The normalized spacial score (nSPS) is 18.4. The number of morpholine rings is 1. The molecule has 0 spiro atoms. The first kappa shape index (κ1) is 15.4. The van der Waals surface area contributed by atoms with Crippen LogP contribution in [0.15, 0.2) is 24.3 Å². The molecule has 0 bridgehead atoms. The fraction of sp³-hybridized carbons (Fsp3) is 0.467. The van der Waals surface area contributed by atoms with Crippen molar-refractivity contribution in [3.63, 3.8) is 0 Å².